The number of hydrogen-bond acceptors (Lipinski definition) is 1. The van der Waals surface area contributed by atoms with E-state index in [1.807, 2.05) is 6.92 Å². The van der Waals surface area contributed by atoms with Crippen molar-refractivity contribution in [2.75, 3.05) is 0 Å². The molecule has 18 heavy (non-hydrogen) atoms. The van der Waals surface area contributed by atoms with E-state index in [0.29, 0.717) is 0 Å². The average Bonchev–Trinajstić information content (AvgIpc) is 2.87. The van der Waals surface area contributed by atoms with Crippen LogP contribution in [-0.2, 0) is 6.54 Å². The minimum Gasteiger partial charge on any atom is -0.326 e. The summed E-state index contributed by atoms with van der Waals surface area (Å²) in [5.74, 6) is 2.66. The first-order chi connectivity index (χ1) is 8.56. The van der Waals surface area contributed by atoms with Gasteiger partial charge in [0.05, 0.1) is 16.4 Å². The smallest absolute Gasteiger partial charge is 0.127 e. The van der Waals surface area contributed by atoms with Crippen LogP contribution in [0.2, 0.25) is 0 Å². The van der Waals surface area contributed by atoms with Crippen LogP contribution in [0.3, 0.4) is 0 Å². The summed E-state index contributed by atoms with van der Waals surface area (Å²) in [4.78, 5) is 4.71. The lowest BCUT2D eigenvalue weighted by Crippen LogP contribution is -2.06. The molecule has 0 saturated heterocycles. The Morgan fingerprint density at radius 3 is 2.89 bits per heavy atom. The van der Waals surface area contributed by atoms with Crippen LogP contribution >= 0.6 is 34.2 Å². The molecule has 96 valence electrons. The van der Waals surface area contributed by atoms with Gasteiger partial charge in [0.25, 0.3) is 0 Å². The molecule has 1 heterocycles. The summed E-state index contributed by atoms with van der Waals surface area (Å²) in [7, 11) is 0. The van der Waals surface area contributed by atoms with E-state index in [1.165, 1.54) is 15.5 Å². The third-order valence-electron chi connectivity index (χ3n) is 3.79. The molecule has 3 rings (SSSR count). The van der Waals surface area contributed by atoms with Crippen LogP contribution in [0.15, 0.2) is 18.2 Å². The number of fused-ring (bicyclic) bond motifs is 1. The van der Waals surface area contributed by atoms with Crippen molar-refractivity contribution in [2.45, 2.75) is 32.2 Å². The molecule has 0 radical (unpaired) electrons. The van der Waals surface area contributed by atoms with E-state index in [1.54, 1.807) is 0 Å². The normalized spacial score (nSPS) is 24.4. The topological polar surface area (TPSA) is 17.8 Å². The van der Waals surface area contributed by atoms with Gasteiger partial charge in [-0.25, -0.2) is 4.98 Å². The van der Waals surface area contributed by atoms with Gasteiger partial charge in [-0.1, -0.05) is 6.92 Å². The molecule has 1 aliphatic carbocycles. The van der Waals surface area contributed by atoms with Crippen molar-refractivity contribution in [1.82, 2.24) is 9.55 Å². The Kier molecular flexibility index (Phi) is 3.30. The van der Waals surface area contributed by atoms with Crippen molar-refractivity contribution in [1.29, 1.82) is 0 Å². The summed E-state index contributed by atoms with van der Waals surface area (Å²) >= 11 is 8.60. The summed E-state index contributed by atoms with van der Waals surface area (Å²) in [6.07, 6.45) is 1.33. The second kappa shape index (κ2) is 4.67. The van der Waals surface area contributed by atoms with E-state index in [2.05, 4.69) is 52.3 Å². The van der Waals surface area contributed by atoms with Gasteiger partial charge in [0.1, 0.15) is 5.82 Å². The molecule has 3 unspecified atom stereocenters. The second-order valence-corrected chi connectivity index (χ2v) is 7.20. The number of nitrogens with zero attached hydrogens (tertiary/aromatic N) is 2. The quantitative estimate of drug-likeness (QED) is 0.567. The van der Waals surface area contributed by atoms with Gasteiger partial charge in [-0.15, -0.1) is 11.6 Å². The Balaban J connectivity index is 2.09. The molecule has 2 nitrogen and oxygen atoms in total. The first kappa shape index (κ1) is 12.7. The molecule has 1 saturated carbocycles. The number of rotatable bonds is 3. The van der Waals surface area contributed by atoms with Gasteiger partial charge in [0.2, 0.25) is 0 Å². The molecule has 4 heteroatoms. The zero-order valence-corrected chi connectivity index (χ0v) is 13.4. The zero-order chi connectivity index (χ0) is 12.9. The molecule has 0 bridgehead atoms. The summed E-state index contributed by atoms with van der Waals surface area (Å²) in [5.41, 5.74) is 2.29. The number of aromatic nitrogens is 2. The van der Waals surface area contributed by atoms with Crippen molar-refractivity contribution in [3.05, 3.63) is 27.6 Å². The fourth-order valence-electron chi connectivity index (χ4n) is 2.51. The van der Waals surface area contributed by atoms with Crippen molar-refractivity contribution >= 4 is 45.2 Å². The zero-order valence-electron chi connectivity index (χ0n) is 10.5. The lowest BCUT2D eigenvalue weighted by atomic mass is 10.3. The Hall–Kier alpha value is -0.290. The first-order valence-corrected chi connectivity index (χ1v) is 7.87. The maximum atomic E-state index is 6.27. The van der Waals surface area contributed by atoms with E-state index in [0.717, 1.165) is 29.7 Å². The van der Waals surface area contributed by atoms with Gasteiger partial charge in [0.15, 0.2) is 0 Å². The van der Waals surface area contributed by atoms with E-state index in [4.69, 9.17) is 16.6 Å². The highest BCUT2D eigenvalue weighted by Crippen LogP contribution is 2.40. The van der Waals surface area contributed by atoms with E-state index in [-0.39, 0.29) is 5.38 Å². The highest BCUT2D eigenvalue weighted by Gasteiger charge is 2.33. The lowest BCUT2D eigenvalue weighted by molar-refractivity contribution is 0.582. The molecule has 3 atom stereocenters. The highest BCUT2D eigenvalue weighted by atomic mass is 127. The van der Waals surface area contributed by atoms with Crippen LogP contribution in [0.4, 0.5) is 0 Å². The van der Waals surface area contributed by atoms with Gasteiger partial charge in [-0.05, 0) is 66.0 Å². The minimum absolute atomic E-state index is 0.0379. The number of hydrogen-bond donors (Lipinski definition) is 0. The Morgan fingerprint density at radius 2 is 2.28 bits per heavy atom. The maximum absolute atomic E-state index is 6.27. The predicted molar refractivity (Wildman–Crippen MR) is 84.0 cm³/mol. The molecular weight excluding hydrogens is 359 g/mol. The minimum atomic E-state index is -0.0379. The molecule has 1 aromatic carbocycles. The third kappa shape index (κ3) is 2.27. The molecule has 2 aromatic rings. The van der Waals surface area contributed by atoms with Crippen LogP contribution in [0.25, 0.3) is 11.0 Å². The average molecular weight is 375 g/mol. The molecule has 0 aliphatic heterocycles. The highest BCUT2D eigenvalue weighted by molar-refractivity contribution is 14.1. The van der Waals surface area contributed by atoms with Crippen LogP contribution in [0.5, 0.6) is 0 Å². The van der Waals surface area contributed by atoms with E-state index >= 15 is 0 Å². The lowest BCUT2D eigenvalue weighted by Gasteiger charge is -2.10. The largest absolute Gasteiger partial charge is 0.326 e. The molecular formula is C14H16ClIN2. The molecule has 1 aliphatic rings. The SMILES string of the molecule is CC(Cl)c1nc2cc(I)ccc2n1CC1CC1C. The van der Waals surface area contributed by atoms with Gasteiger partial charge in [-0.3, -0.25) is 0 Å². The van der Waals surface area contributed by atoms with Crippen molar-refractivity contribution in [2.24, 2.45) is 11.8 Å². The Bertz CT molecular complexity index is 591. The van der Waals surface area contributed by atoms with Gasteiger partial charge in [0, 0.05) is 10.1 Å². The predicted octanol–water partition coefficient (Wildman–Crippen LogP) is 4.60. The van der Waals surface area contributed by atoms with E-state index in [9.17, 15) is 0 Å². The van der Waals surface area contributed by atoms with Crippen LogP contribution in [0.1, 0.15) is 31.5 Å². The molecule has 1 fully saturated rings. The van der Waals surface area contributed by atoms with Crippen molar-refractivity contribution in [3.8, 4) is 0 Å². The number of benzene rings is 1. The molecule has 1 aromatic heterocycles. The fraction of sp³-hybridized carbons (Fsp3) is 0.500. The summed E-state index contributed by atoms with van der Waals surface area (Å²) < 4.78 is 3.54. The fourth-order valence-corrected chi connectivity index (χ4v) is 3.15. The third-order valence-corrected chi connectivity index (χ3v) is 4.65. The number of imidazole rings is 1. The van der Waals surface area contributed by atoms with Gasteiger partial charge >= 0.3 is 0 Å². The van der Waals surface area contributed by atoms with Crippen LogP contribution < -0.4 is 0 Å². The monoisotopic (exact) mass is 374 g/mol. The first-order valence-electron chi connectivity index (χ1n) is 6.36. The van der Waals surface area contributed by atoms with Crippen LogP contribution in [0, 0.1) is 15.4 Å². The van der Waals surface area contributed by atoms with Gasteiger partial charge in [-0.2, -0.15) is 0 Å². The second-order valence-electron chi connectivity index (χ2n) is 5.30. The van der Waals surface area contributed by atoms with Crippen molar-refractivity contribution < 1.29 is 0 Å². The molecule has 0 spiro atoms. The molecule has 0 N–H and O–H groups in total. The standard InChI is InChI=1S/C14H16ClIN2/c1-8-5-10(8)7-18-13-4-3-11(16)6-12(13)17-14(18)9(2)15/h3-4,6,8-10H,5,7H2,1-2H3. The Morgan fingerprint density at radius 1 is 1.56 bits per heavy atom. The summed E-state index contributed by atoms with van der Waals surface area (Å²) in [6, 6.07) is 6.44. The number of alkyl halides is 1. The summed E-state index contributed by atoms with van der Waals surface area (Å²) in [6.45, 7) is 5.38. The maximum Gasteiger partial charge on any atom is 0.127 e. The Labute approximate surface area is 126 Å². The van der Waals surface area contributed by atoms with Gasteiger partial charge < -0.3 is 4.57 Å². The van der Waals surface area contributed by atoms with Crippen molar-refractivity contribution in [3.63, 3.8) is 0 Å². The van der Waals surface area contributed by atoms with E-state index < -0.39 is 0 Å². The van der Waals surface area contributed by atoms with Crippen LogP contribution in [-0.4, -0.2) is 9.55 Å². The summed E-state index contributed by atoms with van der Waals surface area (Å²) in [5, 5.41) is -0.0379. The number of halogens is 2. The molecule has 0 amide bonds.